The predicted octanol–water partition coefficient (Wildman–Crippen LogP) is 2.57. The lowest BCUT2D eigenvalue weighted by Gasteiger charge is -2.23. The molecule has 0 saturated heterocycles. The number of hydrazone groups is 1. The van der Waals surface area contributed by atoms with Gasteiger partial charge >= 0.3 is 0 Å². The zero-order valence-electron chi connectivity index (χ0n) is 11.9. The number of nitrogens with zero attached hydrogens (tertiary/aromatic N) is 3. The number of benzene rings is 1. The van der Waals surface area contributed by atoms with Crippen molar-refractivity contribution >= 4 is 39.7 Å². The molecule has 112 valence electrons. The Morgan fingerprint density at radius 3 is 2.95 bits per heavy atom. The summed E-state index contributed by atoms with van der Waals surface area (Å²) in [5, 5.41) is 10.5. The summed E-state index contributed by atoms with van der Waals surface area (Å²) in [6.45, 7) is 1.94. The van der Waals surface area contributed by atoms with E-state index in [1.165, 1.54) is 16.3 Å². The van der Waals surface area contributed by atoms with Crippen LogP contribution < -0.4 is 10.3 Å². The molecule has 6 nitrogen and oxygen atoms in total. The average Bonchev–Trinajstić information content (AvgIpc) is 3.00. The van der Waals surface area contributed by atoms with Crippen molar-refractivity contribution in [3.63, 3.8) is 0 Å². The van der Waals surface area contributed by atoms with Gasteiger partial charge in [-0.3, -0.25) is 14.9 Å². The third kappa shape index (κ3) is 3.04. The van der Waals surface area contributed by atoms with E-state index in [4.69, 9.17) is 0 Å². The molecule has 1 aliphatic rings. The third-order valence-corrected chi connectivity index (χ3v) is 3.88. The summed E-state index contributed by atoms with van der Waals surface area (Å²) < 4.78 is 0. The van der Waals surface area contributed by atoms with Crippen LogP contribution in [0.3, 0.4) is 0 Å². The molecule has 1 aromatic carbocycles. The van der Waals surface area contributed by atoms with Gasteiger partial charge < -0.3 is 0 Å². The van der Waals surface area contributed by atoms with Crippen LogP contribution in [0.1, 0.15) is 18.4 Å². The molecule has 0 radical (unpaired) electrons. The number of hydrogen-bond acceptors (Lipinski definition) is 5. The second-order valence-electron chi connectivity index (χ2n) is 4.88. The van der Waals surface area contributed by atoms with Crippen molar-refractivity contribution in [3.05, 3.63) is 41.4 Å². The van der Waals surface area contributed by atoms with E-state index in [2.05, 4.69) is 15.4 Å². The van der Waals surface area contributed by atoms with Gasteiger partial charge in [-0.15, -0.1) is 11.3 Å². The van der Waals surface area contributed by atoms with Gasteiger partial charge in [0.2, 0.25) is 5.91 Å². The van der Waals surface area contributed by atoms with Crippen LogP contribution in [0.25, 0.3) is 0 Å². The van der Waals surface area contributed by atoms with Gasteiger partial charge in [-0.1, -0.05) is 12.1 Å². The maximum Gasteiger partial charge on any atom is 0.273 e. The van der Waals surface area contributed by atoms with Crippen LogP contribution in [0.2, 0.25) is 0 Å². The summed E-state index contributed by atoms with van der Waals surface area (Å²) in [6.07, 6.45) is 2.21. The molecule has 0 aliphatic carbocycles. The Bertz CT molecular complexity index is 740. The van der Waals surface area contributed by atoms with Gasteiger partial charge in [0, 0.05) is 24.4 Å². The van der Waals surface area contributed by atoms with E-state index >= 15 is 0 Å². The first-order chi connectivity index (χ1) is 10.6. The summed E-state index contributed by atoms with van der Waals surface area (Å²) in [5.41, 5.74) is 2.03. The molecule has 7 heteroatoms. The number of amides is 2. The van der Waals surface area contributed by atoms with Gasteiger partial charge in [0.05, 0.1) is 5.69 Å². The minimum absolute atomic E-state index is 0.114. The number of aryl methyl sites for hydroxylation is 1. The van der Waals surface area contributed by atoms with Gasteiger partial charge in [0.1, 0.15) is 5.71 Å². The number of rotatable bonds is 3. The lowest BCUT2D eigenvalue weighted by molar-refractivity contribution is -0.118. The number of carbonyl (C=O) groups is 2. The summed E-state index contributed by atoms with van der Waals surface area (Å²) in [4.78, 5) is 28.3. The third-order valence-electron chi connectivity index (χ3n) is 3.19. The maximum atomic E-state index is 12.2. The van der Waals surface area contributed by atoms with Gasteiger partial charge in [0.15, 0.2) is 5.13 Å². The van der Waals surface area contributed by atoms with Crippen LogP contribution in [0.15, 0.2) is 40.9 Å². The number of nitrogens with one attached hydrogen (secondary N) is 1. The fourth-order valence-corrected chi connectivity index (χ4v) is 2.66. The summed E-state index contributed by atoms with van der Waals surface area (Å²) in [7, 11) is 0. The molecule has 1 aromatic heterocycles. The molecule has 0 saturated carbocycles. The van der Waals surface area contributed by atoms with E-state index in [-0.39, 0.29) is 18.2 Å². The van der Waals surface area contributed by atoms with Gasteiger partial charge in [-0.2, -0.15) is 5.10 Å². The first kappa shape index (κ1) is 14.4. The van der Waals surface area contributed by atoms with Crippen LogP contribution >= 0.6 is 11.3 Å². The van der Waals surface area contributed by atoms with E-state index in [1.54, 1.807) is 17.6 Å². The van der Waals surface area contributed by atoms with Crippen molar-refractivity contribution in [2.24, 2.45) is 5.10 Å². The highest BCUT2D eigenvalue weighted by molar-refractivity contribution is 7.13. The Morgan fingerprint density at radius 1 is 1.36 bits per heavy atom. The van der Waals surface area contributed by atoms with E-state index in [9.17, 15) is 9.59 Å². The number of thiazole rings is 1. The quantitative estimate of drug-likeness (QED) is 0.946. The molecular formula is C15H14N4O2S. The van der Waals surface area contributed by atoms with Crippen molar-refractivity contribution < 1.29 is 9.59 Å². The highest BCUT2D eigenvalue weighted by Crippen LogP contribution is 2.21. The molecule has 0 spiro atoms. The second kappa shape index (κ2) is 6.07. The Balaban J connectivity index is 1.84. The minimum Gasteiger partial charge on any atom is -0.297 e. The molecule has 3 rings (SSSR count). The number of anilines is 2. The summed E-state index contributed by atoms with van der Waals surface area (Å²) >= 11 is 1.34. The molecule has 0 atom stereocenters. The first-order valence-electron chi connectivity index (χ1n) is 6.81. The Kier molecular flexibility index (Phi) is 3.97. The highest BCUT2D eigenvalue weighted by atomic mass is 32.1. The molecule has 0 bridgehead atoms. The van der Waals surface area contributed by atoms with E-state index in [0.717, 1.165) is 5.56 Å². The molecular weight excluding hydrogens is 300 g/mol. The molecule has 2 heterocycles. The van der Waals surface area contributed by atoms with Crippen molar-refractivity contribution in [2.75, 3.05) is 10.3 Å². The minimum atomic E-state index is -0.319. The molecule has 2 aromatic rings. The van der Waals surface area contributed by atoms with Gasteiger partial charge in [0.25, 0.3) is 5.91 Å². The molecule has 0 unspecified atom stereocenters. The fourth-order valence-electron chi connectivity index (χ4n) is 2.13. The topological polar surface area (TPSA) is 74.7 Å². The Labute approximate surface area is 131 Å². The standard InChI is InChI=1S/C15H14N4O2S/c1-10-3-2-4-11(9-10)19-13(20)6-5-12(18-19)14(21)17-15-16-7-8-22-15/h2-4,7-9H,5-6H2,1H3,(H,16,17,21). The molecule has 22 heavy (non-hydrogen) atoms. The van der Waals surface area contributed by atoms with Crippen LogP contribution in [0.4, 0.5) is 10.8 Å². The summed E-state index contributed by atoms with van der Waals surface area (Å²) in [6, 6.07) is 7.47. The molecule has 2 amide bonds. The predicted molar refractivity (Wildman–Crippen MR) is 86.1 cm³/mol. The zero-order chi connectivity index (χ0) is 15.5. The SMILES string of the molecule is Cc1cccc(N2N=C(C(=O)Nc3nccs3)CCC2=O)c1. The number of hydrogen-bond donors (Lipinski definition) is 1. The van der Waals surface area contributed by atoms with Gasteiger partial charge in [-0.05, 0) is 24.6 Å². The zero-order valence-corrected chi connectivity index (χ0v) is 12.8. The van der Waals surface area contributed by atoms with Crippen LogP contribution in [0, 0.1) is 6.92 Å². The lowest BCUT2D eigenvalue weighted by Crippen LogP contribution is -2.36. The van der Waals surface area contributed by atoms with E-state index < -0.39 is 0 Å². The number of carbonyl (C=O) groups excluding carboxylic acids is 2. The van der Waals surface area contributed by atoms with E-state index in [0.29, 0.717) is 23.0 Å². The average molecular weight is 314 g/mol. The normalized spacial score (nSPS) is 14.7. The lowest BCUT2D eigenvalue weighted by atomic mass is 10.1. The second-order valence-corrected chi connectivity index (χ2v) is 5.78. The largest absolute Gasteiger partial charge is 0.297 e. The molecule has 0 fully saturated rings. The van der Waals surface area contributed by atoms with E-state index in [1.807, 2.05) is 25.1 Å². The smallest absolute Gasteiger partial charge is 0.273 e. The summed E-state index contributed by atoms with van der Waals surface area (Å²) in [5.74, 6) is -0.434. The van der Waals surface area contributed by atoms with Crippen LogP contribution in [-0.4, -0.2) is 22.5 Å². The monoisotopic (exact) mass is 314 g/mol. The van der Waals surface area contributed by atoms with Crippen molar-refractivity contribution in [1.82, 2.24) is 4.98 Å². The number of aromatic nitrogens is 1. The van der Waals surface area contributed by atoms with Crippen LogP contribution in [-0.2, 0) is 9.59 Å². The first-order valence-corrected chi connectivity index (χ1v) is 7.69. The van der Waals surface area contributed by atoms with Crippen molar-refractivity contribution in [3.8, 4) is 0 Å². The Morgan fingerprint density at radius 2 is 2.23 bits per heavy atom. The van der Waals surface area contributed by atoms with Crippen LogP contribution in [0.5, 0.6) is 0 Å². The molecule has 1 aliphatic heterocycles. The van der Waals surface area contributed by atoms with Gasteiger partial charge in [-0.25, -0.2) is 9.99 Å². The molecule has 1 N–H and O–H groups in total. The highest BCUT2D eigenvalue weighted by Gasteiger charge is 2.25. The van der Waals surface area contributed by atoms with Crippen molar-refractivity contribution in [1.29, 1.82) is 0 Å². The maximum absolute atomic E-state index is 12.2. The van der Waals surface area contributed by atoms with Crippen molar-refractivity contribution in [2.45, 2.75) is 19.8 Å². The fraction of sp³-hybridized carbons (Fsp3) is 0.200. The Hall–Kier alpha value is -2.54.